The molecule has 6 heteroatoms. The van der Waals surface area contributed by atoms with Crippen LogP contribution in [0.25, 0.3) is 0 Å². The van der Waals surface area contributed by atoms with Crippen molar-refractivity contribution in [2.24, 2.45) is 5.73 Å². The van der Waals surface area contributed by atoms with Crippen molar-refractivity contribution in [3.8, 4) is 0 Å². The third-order valence-electron chi connectivity index (χ3n) is 2.04. The Morgan fingerprint density at radius 2 is 1.94 bits per heavy atom. The maximum atomic E-state index is 12.6. The van der Waals surface area contributed by atoms with Crippen LogP contribution >= 0.6 is 11.6 Å². The molecule has 2 nitrogen and oxygen atoms in total. The molecule has 0 saturated heterocycles. The van der Waals surface area contributed by atoms with Crippen LogP contribution in [0.1, 0.15) is 5.56 Å². The Morgan fingerprint density at radius 3 is 2.38 bits per heavy atom. The predicted octanol–water partition coefficient (Wildman–Crippen LogP) is 2.26. The molecule has 0 aliphatic rings. The normalized spacial score (nSPS) is 15.8. The number of halogens is 3. The Hall–Kier alpha value is -0.520. The molecule has 0 radical (unpaired) electrons. The first-order chi connectivity index (χ1) is 7.30. The standard InChI is InChI=1S/C10H12ClF2NOS/c1-7-2-4-8(5-3-7)16(15)6-9(14)10(11,12)13/h2-5,9H,6,14H2,1H3/t9-,16+/m0/s1. The van der Waals surface area contributed by atoms with Crippen molar-refractivity contribution in [1.82, 2.24) is 0 Å². The van der Waals surface area contributed by atoms with E-state index in [1.165, 1.54) is 0 Å². The lowest BCUT2D eigenvalue weighted by molar-refractivity contribution is 0.0737. The van der Waals surface area contributed by atoms with Crippen molar-refractivity contribution in [2.75, 3.05) is 5.75 Å². The molecule has 1 aromatic carbocycles. The molecule has 16 heavy (non-hydrogen) atoms. The predicted molar refractivity (Wildman–Crippen MR) is 61.2 cm³/mol. The summed E-state index contributed by atoms with van der Waals surface area (Å²) in [6.07, 6.45) is 0. The molecule has 0 aliphatic heterocycles. The van der Waals surface area contributed by atoms with Gasteiger partial charge in [-0.25, -0.2) is 0 Å². The number of aryl methyl sites for hydroxylation is 1. The maximum absolute atomic E-state index is 12.6. The van der Waals surface area contributed by atoms with E-state index in [1.807, 2.05) is 6.92 Å². The van der Waals surface area contributed by atoms with Gasteiger partial charge in [0, 0.05) is 4.90 Å². The van der Waals surface area contributed by atoms with Gasteiger partial charge < -0.3 is 5.73 Å². The molecule has 1 rings (SSSR count). The van der Waals surface area contributed by atoms with Crippen molar-refractivity contribution in [1.29, 1.82) is 0 Å². The number of rotatable bonds is 4. The fourth-order valence-electron chi connectivity index (χ4n) is 1.04. The Labute approximate surface area is 100 Å². The molecule has 0 aromatic heterocycles. The van der Waals surface area contributed by atoms with E-state index in [0.29, 0.717) is 4.90 Å². The molecule has 90 valence electrons. The first kappa shape index (κ1) is 13.5. The smallest absolute Gasteiger partial charge is 0.321 e. The van der Waals surface area contributed by atoms with E-state index in [-0.39, 0.29) is 5.75 Å². The summed E-state index contributed by atoms with van der Waals surface area (Å²) < 4.78 is 36.8. The lowest BCUT2D eigenvalue weighted by Gasteiger charge is -2.16. The summed E-state index contributed by atoms with van der Waals surface area (Å²) in [6.45, 7) is 1.88. The van der Waals surface area contributed by atoms with E-state index >= 15 is 0 Å². The molecule has 0 spiro atoms. The van der Waals surface area contributed by atoms with Crippen molar-refractivity contribution in [2.45, 2.75) is 23.2 Å². The van der Waals surface area contributed by atoms with E-state index in [2.05, 4.69) is 0 Å². The maximum Gasteiger partial charge on any atom is 0.337 e. The number of hydrogen-bond donors (Lipinski definition) is 1. The summed E-state index contributed by atoms with van der Waals surface area (Å²) in [6, 6.07) is 5.17. The van der Waals surface area contributed by atoms with Crippen LogP contribution in [0.4, 0.5) is 8.78 Å². The summed E-state index contributed by atoms with van der Waals surface area (Å²) in [7, 11) is -1.56. The monoisotopic (exact) mass is 267 g/mol. The SMILES string of the molecule is Cc1ccc([S@](=O)C[C@H](N)C(F)(F)Cl)cc1. The fraction of sp³-hybridized carbons (Fsp3) is 0.400. The van der Waals surface area contributed by atoms with Gasteiger partial charge in [0.1, 0.15) is 0 Å². The van der Waals surface area contributed by atoms with Gasteiger partial charge in [-0.05, 0) is 30.7 Å². The van der Waals surface area contributed by atoms with Gasteiger partial charge in [0.15, 0.2) is 0 Å². The molecule has 0 amide bonds. The minimum absolute atomic E-state index is 0.362. The average molecular weight is 268 g/mol. The Balaban J connectivity index is 2.70. The summed E-state index contributed by atoms with van der Waals surface area (Å²) in [4.78, 5) is 0.474. The van der Waals surface area contributed by atoms with Gasteiger partial charge in [-0.15, -0.1) is 0 Å². The van der Waals surface area contributed by atoms with Gasteiger partial charge in [-0.2, -0.15) is 8.78 Å². The number of alkyl halides is 3. The molecule has 0 aliphatic carbocycles. The van der Waals surface area contributed by atoms with E-state index in [4.69, 9.17) is 17.3 Å². The van der Waals surface area contributed by atoms with E-state index in [1.54, 1.807) is 24.3 Å². The Morgan fingerprint density at radius 1 is 1.44 bits per heavy atom. The van der Waals surface area contributed by atoms with Gasteiger partial charge in [0.25, 0.3) is 0 Å². The Bertz CT molecular complexity index is 377. The number of hydrogen-bond acceptors (Lipinski definition) is 2. The average Bonchev–Trinajstić information content (AvgIpc) is 2.17. The van der Waals surface area contributed by atoms with Gasteiger partial charge in [-0.3, -0.25) is 4.21 Å². The van der Waals surface area contributed by atoms with Crippen molar-refractivity contribution in [3.05, 3.63) is 29.8 Å². The zero-order valence-electron chi connectivity index (χ0n) is 8.62. The fourth-order valence-corrected chi connectivity index (χ4v) is 2.38. The number of benzene rings is 1. The Kier molecular flexibility index (Phi) is 4.41. The molecular formula is C10H12ClF2NOS. The van der Waals surface area contributed by atoms with Gasteiger partial charge in [0.05, 0.1) is 22.6 Å². The van der Waals surface area contributed by atoms with Crippen molar-refractivity contribution in [3.63, 3.8) is 0 Å². The molecular weight excluding hydrogens is 256 g/mol. The first-order valence-electron chi connectivity index (χ1n) is 4.58. The second kappa shape index (κ2) is 5.21. The van der Waals surface area contributed by atoms with Gasteiger partial charge >= 0.3 is 5.38 Å². The van der Waals surface area contributed by atoms with E-state index in [9.17, 15) is 13.0 Å². The molecule has 0 heterocycles. The zero-order valence-corrected chi connectivity index (χ0v) is 10.2. The van der Waals surface area contributed by atoms with Gasteiger partial charge in [0.2, 0.25) is 0 Å². The topological polar surface area (TPSA) is 43.1 Å². The summed E-state index contributed by atoms with van der Waals surface area (Å²) in [5.74, 6) is -0.362. The summed E-state index contributed by atoms with van der Waals surface area (Å²) in [5.41, 5.74) is 6.15. The van der Waals surface area contributed by atoms with Crippen LogP contribution in [0.5, 0.6) is 0 Å². The molecule has 0 fully saturated rings. The van der Waals surface area contributed by atoms with Gasteiger partial charge in [-0.1, -0.05) is 17.7 Å². The van der Waals surface area contributed by atoms with Crippen LogP contribution < -0.4 is 5.73 Å². The molecule has 1 aromatic rings. The van der Waals surface area contributed by atoms with Crippen LogP contribution in [-0.2, 0) is 10.8 Å². The van der Waals surface area contributed by atoms with E-state index in [0.717, 1.165) is 5.56 Å². The quantitative estimate of drug-likeness (QED) is 0.851. The van der Waals surface area contributed by atoms with Crippen LogP contribution in [0.15, 0.2) is 29.2 Å². The molecule has 0 bridgehead atoms. The second-order valence-corrected chi connectivity index (χ2v) is 5.47. The van der Waals surface area contributed by atoms with E-state index < -0.39 is 22.2 Å². The third kappa shape index (κ3) is 3.81. The van der Waals surface area contributed by atoms with Crippen LogP contribution in [0.2, 0.25) is 0 Å². The highest BCUT2D eigenvalue weighted by molar-refractivity contribution is 7.85. The lowest BCUT2D eigenvalue weighted by atomic mass is 10.2. The largest absolute Gasteiger partial charge is 0.337 e. The highest BCUT2D eigenvalue weighted by Crippen LogP contribution is 2.23. The van der Waals surface area contributed by atoms with Crippen molar-refractivity contribution < 1.29 is 13.0 Å². The first-order valence-corrected chi connectivity index (χ1v) is 6.27. The minimum atomic E-state index is -3.53. The molecule has 2 N–H and O–H groups in total. The second-order valence-electron chi connectivity index (χ2n) is 3.47. The lowest BCUT2D eigenvalue weighted by Crippen LogP contribution is -2.40. The summed E-state index contributed by atoms with van der Waals surface area (Å²) >= 11 is 4.75. The molecule has 2 atom stereocenters. The molecule has 0 unspecified atom stereocenters. The highest BCUT2D eigenvalue weighted by Gasteiger charge is 2.35. The third-order valence-corrected chi connectivity index (χ3v) is 3.78. The van der Waals surface area contributed by atoms with Crippen LogP contribution in [0.3, 0.4) is 0 Å². The molecule has 0 saturated carbocycles. The number of nitrogens with two attached hydrogens (primary N) is 1. The highest BCUT2D eigenvalue weighted by atomic mass is 35.5. The minimum Gasteiger partial charge on any atom is -0.321 e. The van der Waals surface area contributed by atoms with Crippen LogP contribution in [-0.4, -0.2) is 21.4 Å². The van der Waals surface area contributed by atoms with Crippen LogP contribution in [0, 0.1) is 6.92 Å². The summed E-state index contributed by atoms with van der Waals surface area (Å²) in [5, 5.41) is -3.53. The van der Waals surface area contributed by atoms with Crippen molar-refractivity contribution >= 4 is 22.4 Å². The zero-order chi connectivity index (χ0) is 12.3.